The summed E-state index contributed by atoms with van der Waals surface area (Å²) in [7, 11) is 0. The van der Waals surface area contributed by atoms with Crippen LogP contribution in [0.25, 0.3) is 16.7 Å². The van der Waals surface area contributed by atoms with Gasteiger partial charge in [0.25, 0.3) is 0 Å². The van der Waals surface area contributed by atoms with E-state index >= 15 is 0 Å². The van der Waals surface area contributed by atoms with Gasteiger partial charge in [-0.15, -0.1) is 0 Å². The lowest BCUT2D eigenvalue weighted by atomic mass is 9.92. The van der Waals surface area contributed by atoms with Crippen molar-refractivity contribution in [2.75, 3.05) is 10.0 Å². The molecule has 0 spiro atoms. The molecule has 2 aliphatic heterocycles. The van der Waals surface area contributed by atoms with Gasteiger partial charge in [-0.25, -0.2) is 10.0 Å². The second-order valence-corrected chi connectivity index (χ2v) is 6.73. The van der Waals surface area contributed by atoms with Crippen LogP contribution in [0.1, 0.15) is 12.5 Å². The van der Waals surface area contributed by atoms with Crippen LogP contribution < -0.4 is 10.0 Å². The standard InChI is InChI=1S/C25H20N2/c1-3-4-11-19-18(2)26-23-15-8-6-13-21(23)22-14-7-10-17-25(22)27(26)24-16-9-5-12-20(19)24/h3-17H,2H2,1H3/b4-3-,19-11+. The number of fused-ring (bicyclic) bond motifs is 8. The molecule has 0 N–H and O–H groups in total. The van der Waals surface area contributed by atoms with Gasteiger partial charge in [-0.05, 0) is 25.1 Å². The molecule has 0 saturated heterocycles. The molecule has 2 nitrogen and oxygen atoms in total. The molecule has 0 atom stereocenters. The fourth-order valence-electron chi connectivity index (χ4n) is 4.03. The number of anilines is 3. The molecule has 0 aliphatic carbocycles. The van der Waals surface area contributed by atoms with Crippen LogP contribution in [0.5, 0.6) is 0 Å². The summed E-state index contributed by atoms with van der Waals surface area (Å²) >= 11 is 0. The Morgan fingerprint density at radius 3 is 1.74 bits per heavy atom. The number of nitrogens with zero attached hydrogens (tertiary/aromatic N) is 2. The van der Waals surface area contributed by atoms with Crippen LogP contribution in [-0.4, -0.2) is 0 Å². The molecule has 0 aromatic heterocycles. The van der Waals surface area contributed by atoms with Gasteiger partial charge in [0, 0.05) is 22.3 Å². The minimum Gasteiger partial charge on any atom is -0.248 e. The molecule has 0 fully saturated rings. The fourth-order valence-corrected chi connectivity index (χ4v) is 4.03. The Labute approximate surface area is 160 Å². The Morgan fingerprint density at radius 1 is 0.667 bits per heavy atom. The first-order chi connectivity index (χ1) is 13.3. The fraction of sp³-hybridized carbons (Fsp3) is 0.0400. The van der Waals surface area contributed by atoms with E-state index < -0.39 is 0 Å². The number of allylic oxidation sites excluding steroid dienone is 4. The van der Waals surface area contributed by atoms with Crippen LogP contribution in [0, 0.1) is 0 Å². The molecule has 5 rings (SSSR count). The molecule has 0 unspecified atom stereocenters. The summed E-state index contributed by atoms with van der Waals surface area (Å²) in [6.45, 7) is 6.52. The second kappa shape index (κ2) is 6.03. The third kappa shape index (κ3) is 2.20. The monoisotopic (exact) mass is 348 g/mol. The van der Waals surface area contributed by atoms with Gasteiger partial charge in [0.2, 0.25) is 0 Å². The number of rotatable bonds is 1. The SMILES string of the molecule is C=C1/C(=C\C=C/C)c2ccccc2N2c3ccccc3-c3ccccc3N12. The van der Waals surface area contributed by atoms with Crippen molar-refractivity contribution in [2.45, 2.75) is 6.92 Å². The van der Waals surface area contributed by atoms with E-state index in [2.05, 4.69) is 108 Å². The smallest absolute Gasteiger partial charge is 0.0716 e. The number of hydrazine groups is 1. The Bertz CT molecular complexity index is 1120. The molecule has 2 heteroatoms. The third-order valence-electron chi connectivity index (χ3n) is 5.20. The maximum absolute atomic E-state index is 4.49. The number of para-hydroxylation sites is 3. The normalized spacial score (nSPS) is 16.2. The lowest BCUT2D eigenvalue weighted by Gasteiger charge is -2.48. The van der Waals surface area contributed by atoms with Crippen LogP contribution in [0.3, 0.4) is 0 Å². The van der Waals surface area contributed by atoms with E-state index in [1.807, 2.05) is 6.92 Å². The van der Waals surface area contributed by atoms with Gasteiger partial charge < -0.3 is 0 Å². The predicted molar refractivity (Wildman–Crippen MR) is 115 cm³/mol. The zero-order valence-corrected chi connectivity index (χ0v) is 15.3. The van der Waals surface area contributed by atoms with E-state index in [9.17, 15) is 0 Å². The molecule has 0 radical (unpaired) electrons. The minimum absolute atomic E-state index is 0.980. The first-order valence-electron chi connectivity index (χ1n) is 9.21. The van der Waals surface area contributed by atoms with E-state index in [0.29, 0.717) is 0 Å². The van der Waals surface area contributed by atoms with E-state index in [1.165, 1.54) is 28.1 Å². The number of hydrogen-bond donors (Lipinski definition) is 0. The highest BCUT2D eigenvalue weighted by molar-refractivity contribution is 6.04. The van der Waals surface area contributed by atoms with Crippen molar-refractivity contribution >= 4 is 22.6 Å². The molecular formula is C25H20N2. The zero-order chi connectivity index (χ0) is 18.4. The lowest BCUT2D eigenvalue weighted by molar-refractivity contribution is 0.926. The lowest BCUT2D eigenvalue weighted by Crippen LogP contribution is -2.44. The molecule has 0 saturated carbocycles. The summed E-state index contributed by atoms with van der Waals surface area (Å²) in [5.74, 6) is 0. The van der Waals surface area contributed by atoms with E-state index in [-0.39, 0.29) is 0 Å². The maximum atomic E-state index is 4.49. The van der Waals surface area contributed by atoms with Gasteiger partial charge in [-0.1, -0.05) is 79.4 Å². The van der Waals surface area contributed by atoms with Gasteiger partial charge in [-0.2, -0.15) is 0 Å². The molecular weight excluding hydrogens is 328 g/mol. The van der Waals surface area contributed by atoms with Gasteiger partial charge in [0.1, 0.15) is 0 Å². The molecule has 0 amide bonds. The van der Waals surface area contributed by atoms with Crippen molar-refractivity contribution in [2.24, 2.45) is 0 Å². The predicted octanol–water partition coefficient (Wildman–Crippen LogP) is 6.71. The molecule has 2 aliphatic rings. The maximum Gasteiger partial charge on any atom is 0.0716 e. The van der Waals surface area contributed by atoms with Crippen LogP contribution in [0.15, 0.2) is 103 Å². The highest BCUT2D eigenvalue weighted by atomic mass is 15.6. The van der Waals surface area contributed by atoms with Crippen LogP contribution in [0.2, 0.25) is 0 Å². The Hall–Kier alpha value is -3.52. The zero-order valence-electron chi connectivity index (χ0n) is 15.3. The number of hydrogen-bond acceptors (Lipinski definition) is 2. The van der Waals surface area contributed by atoms with Gasteiger partial charge >= 0.3 is 0 Å². The minimum atomic E-state index is 0.980. The summed E-state index contributed by atoms with van der Waals surface area (Å²) in [4.78, 5) is 0. The molecule has 27 heavy (non-hydrogen) atoms. The second-order valence-electron chi connectivity index (χ2n) is 6.73. The topological polar surface area (TPSA) is 6.48 Å². The first kappa shape index (κ1) is 15.7. The Kier molecular flexibility index (Phi) is 3.51. The van der Waals surface area contributed by atoms with Crippen molar-refractivity contribution in [1.29, 1.82) is 0 Å². The van der Waals surface area contributed by atoms with E-state index in [0.717, 1.165) is 17.0 Å². The van der Waals surface area contributed by atoms with Crippen molar-refractivity contribution in [1.82, 2.24) is 0 Å². The van der Waals surface area contributed by atoms with Gasteiger partial charge in [0.05, 0.1) is 22.8 Å². The average Bonchev–Trinajstić information content (AvgIpc) is 2.73. The Balaban J connectivity index is 1.86. The van der Waals surface area contributed by atoms with Crippen LogP contribution in [0.4, 0.5) is 17.1 Å². The third-order valence-corrected chi connectivity index (χ3v) is 5.20. The van der Waals surface area contributed by atoms with E-state index in [1.54, 1.807) is 0 Å². The van der Waals surface area contributed by atoms with Crippen molar-refractivity contribution < 1.29 is 0 Å². The summed E-state index contributed by atoms with van der Waals surface area (Å²) in [5, 5.41) is 4.54. The number of benzene rings is 3. The van der Waals surface area contributed by atoms with E-state index in [4.69, 9.17) is 0 Å². The molecule has 0 bridgehead atoms. The van der Waals surface area contributed by atoms with Crippen LogP contribution >= 0.6 is 0 Å². The molecule has 3 aromatic carbocycles. The summed E-state index contributed by atoms with van der Waals surface area (Å²) in [6, 6.07) is 25.7. The van der Waals surface area contributed by atoms with Crippen molar-refractivity contribution in [3.8, 4) is 11.1 Å². The van der Waals surface area contributed by atoms with Crippen LogP contribution in [-0.2, 0) is 0 Å². The Morgan fingerprint density at radius 2 is 1.15 bits per heavy atom. The summed E-state index contributed by atoms with van der Waals surface area (Å²) < 4.78 is 0. The van der Waals surface area contributed by atoms with Gasteiger partial charge in [-0.3, -0.25) is 0 Å². The largest absolute Gasteiger partial charge is 0.248 e. The highest BCUT2D eigenvalue weighted by Crippen LogP contribution is 2.53. The average molecular weight is 348 g/mol. The summed E-state index contributed by atoms with van der Waals surface area (Å²) in [6.07, 6.45) is 6.28. The first-order valence-corrected chi connectivity index (χ1v) is 9.21. The van der Waals surface area contributed by atoms with Gasteiger partial charge in [0.15, 0.2) is 0 Å². The summed E-state index contributed by atoms with van der Waals surface area (Å²) in [5.41, 5.74) is 9.30. The molecule has 3 aromatic rings. The highest BCUT2D eigenvalue weighted by Gasteiger charge is 2.37. The van der Waals surface area contributed by atoms with Crippen molar-refractivity contribution in [3.63, 3.8) is 0 Å². The quantitative estimate of drug-likeness (QED) is 0.482. The van der Waals surface area contributed by atoms with Crippen molar-refractivity contribution in [3.05, 3.63) is 109 Å². The molecule has 2 heterocycles. The molecule has 130 valence electrons.